The number of benzene rings is 1. The molecule has 0 heterocycles. The fourth-order valence-corrected chi connectivity index (χ4v) is 3.21. The van der Waals surface area contributed by atoms with Gasteiger partial charge in [0.15, 0.2) is 0 Å². The molecule has 0 atom stereocenters. The molecule has 0 N–H and O–H groups in total. The highest BCUT2D eigenvalue weighted by atomic mass is 14.9. The highest BCUT2D eigenvalue weighted by Crippen LogP contribution is 2.21. The Hall–Kier alpha value is -1.66. The first-order valence-electron chi connectivity index (χ1n) is 9.20. The molecular weight excluding hydrogens is 280 g/mol. The molecule has 23 heavy (non-hydrogen) atoms. The Morgan fingerprint density at radius 2 is 1.26 bits per heavy atom. The standard InChI is InChI=1S/C13H22N2.C8H8/c1-3-7-12(8-4-1)14-11-15-13-9-5-2-6-10-13;1-2-8-6-4-3-5-7-8/h12-13H,1-10H2;2-7H,1H2. The average molecular weight is 310 g/mol. The number of hydrogen-bond acceptors (Lipinski definition) is 2. The second kappa shape index (κ2) is 11.0. The van der Waals surface area contributed by atoms with Gasteiger partial charge < -0.3 is 0 Å². The third kappa shape index (κ3) is 7.43. The quantitative estimate of drug-likeness (QED) is 0.598. The van der Waals surface area contributed by atoms with Gasteiger partial charge in [-0.2, -0.15) is 0 Å². The molecule has 2 aliphatic carbocycles. The number of hydrogen-bond donors (Lipinski definition) is 0. The van der Waals surface area contributed by atoms with Gasteiger partial charge in [-0.05, 0) is 31.2 Å². The van der Waals surface area contributed by atoms with Gasteiger partial charge >= 0.3 is 0 Å². The molecule has 2 heteroatoms. The number of aliphatic imine (C=N–C) groups is 2. The summed E-state index contributed by atoms with van der Waals surface area (Å²) in [7, 11) is 0. The van der Waals surface area contributed by atoms with Crippen molar-refractivity contribution in [1.82, 2.24) is 0 Å². The summed E-state index contributed by atoms with van der Waals surface area (Å²) in [6, 6.07) is 14.1. The lowest BCUT2D eigenvalue weighted by Crippen LogP contribution is -2.10. The molecule has 0 aliphatic heterocycles. The van der Waals surface area contributed by atoms with Crippen LogP contribution in [0, 0.1) is 0 Å². The van der Waals surface area contributed by atoms with E-state index in [1.165, 1.54) is 69.8 Å². The maximum Gasteiger partial charge on any atom is 0.0898 e. The van der Waals surface area contributed by atoms with Crippen LogP contribution in [-0.2, 0) is 0 Å². The van der Waals surface area contributed by atoms with Gasteiger partial charge in [-0.25, -0.2) is 9.98 Å². The van der Waals surface area contributed by atoms with Crippen LogP contribution in [0.2, 0.25) is 0 Å². The van der Waals surface area contributed by atoms with Crippen LogP contribution in [0.15, 0.2) is 46.9 Å². The van der Waals surface area contributed by atoms with E-state index < -0.39 is 0 Å². The lowest BCUT2D eigenvalue weighted by Gasteiger charge is -2.17. The van der Waals surface area contributed by atoms with Gasteiger partial charge in [0.05, 0.1) is 18.1 Å². The normalized spacial score (nSPS) is 19.0. The molecule has 2 fully saturated rings. The Kier molecular flexibility index (Phi) is 8.43. The molecule has 1 aromatic carbocycles. The molecule has 0 unspecified atom stereocenters. The minimum atomic E-state index is 0.533. The maximum atomic E-state index is 4.46. The Balaban J connectivity index is 0.000000203. The summed E-state index contributed by atoms with van der Waals surface area (Å²) in [5.74, 6) is 0. The van der Waals surface area contributed by atoms with E-state index >= 15 is 0 Å². The SMILES string of the molecule is C(=NC1CCCCC1)=NC1CCCCC1.C=Cc1ccccc1. The zero-order chi connectivity index (χ0) is 16.2. The predicted octanol–water partition coefficient (Wildman–Crippen LogP) is 6.16. The van der Waals surface area contributed by atoms with Crippen LogP contribution >= 0.6 is 0 Å². The van der Waals surface area contributed by atoms with Crippen LogP contribution in [0.4, 0.5) is 0 Å². The average Bonchev–Trinajstić information content (AvgIpc) is 2.65. The van der Waals surface area contributed by atoms with E-state index in [2.05, 4.69) is 22.6 Å². The lowest BCUT2D eigenvalue weighted by atomic mass is 9.96. The summed E-state index contributed by atoms with van der Waals surface area (Å²) >= 11 is 0. The van der Waals surface area contributed by atoms with Crippen LogP contribution in [-0.4, -0.2) is 18.1 Å². The molecule has 0 aromatic heterocycles. The molecule has 0 saturated heterocycles. The fraction of sp³-hybridized carbons (Fsp3) is 0.571. The molecule has 124 valence electrons. The van der Waals surface area contributed by atoms with E-state index in [0.717, 1.165) is 0 Å². The van der Waals surface area contributed by atoms with E-state index in [1.807, 2.05) is 36.4 Å². The summed E-state index contributed by atoms with van der Waals surface area (Å²) in [6.07, 6.45) is 15.0. The summed E-state index contributed by atoms with van der Waals surface area (Å²) in [5.41, 5.74) is 1.17. The summed E-state index contributed by atoms with van der Waals surface area (Å²) < 4.78 is 0. The first kappa shape index (κ1) is 17.7. The molecule has 2 aliphatic rings. The monoisotopic (exact) mass is 310 g/mol. The van der Waals surface area contributed by atoms with Crippen molar-refractivity contribution >= 4 is 12.1 Å². The van der Waals surface area contributed by atoms with Crippen LogP contribution in [0.3, 0.4) is 0 Å². The Morgan fingerprint density at radius 1 is 0.783 bits per heavy atom. The number of rotatable bonds is 3. The third-order valence-electron chi connectivity index (χ3n) is 4.67. The van der Waals surface area contributed by atoms with E-state index in [4.69, 9.17) is 0 Å². The van der Waals surface area contributed by atoms with Crippen LogP contribution in [0.1, 0.15) is 69.8 Å². The van der Waals surface area contributed by atoms with Crippen molar-refractivity contribution in [3.05, 3.63) is 42.5 Å². The highest BCUT2D eigenvalue weighted by molar-refractivity contribution is 5.45. The van der Waals surface area contributed by atoms with Crippen molar-refractivity contribution in [2.75, 3.05) is 0 Å². The van der Waals surface area contributed by atoms with Crippen molar-refractivity contribution in [2.24, 2.45) is 9.98 Å². The van der Waals surface area contributed by atoms with Gasteiger partial charge in [-0.3, -0.25) is 0 Å². The van der Waals surface area contributed by atoms with Crippen molar-refractivity contribution in [1.29, 1.82) is 0 Å². The number of nitrogens with zero attached hydrogens (tertiary/aromatic N) is 2. The summed E-state index contributed by atoms with van der Waals surface area (Å²) in [6.45, 7) is 3.63. The second-order valence-electron chi connectivity index (χ2n) is 6.56. The Bertz CT molecular complexity index is 466. The Morgan fingerprint density at radius 3 is 1.65 bits per heavy atom. The van der Waals surface area contributed by atoms with Crippen molar-refractivity contribution in [3.8, 4) is 0 Å². The molecule has 2 nitrogen and oxygen atoms in total. The van der Waals surface area contributed by atoms with E-state index in [9.17, 15) is 0 Å². The van der Waals surface area contributed by atoms with E-state index in [1.54, 1.807) is 0 Å². The second-order valence-corrected chi connectivity index (χ2v) is 6.56. The van der Waals surface area contributed by atoms with Gasteiger partial charge in [-0.15, -0.1) is 0 Å². The summed E-state index contributed by atoms with van der Waals surface area (Å²) in [4.78, 5) is 8.92. The lowest BCUT2D eigenvalue weighted by molar-refractivity contribution is 0.438. The van der Waals surface area contributed by atoms with Gasteiger partial charge in [-0.1, -0.05) is 81.5 Å². The molecule has 1 aromatic rings. The van der Waals surface area contributed by atoms with Crippen molar-refractivity contribution in [3.63, 3.8) is 0 Å². The van der Waals surface area contributed by atoms with Gasteiger partial charge in [0.25, 0.3) is 0 Å². The third-order valence-corrected chi connectivity index (χ3v) is 4.67. The first-order valence-corrected chi connectivity index (χ1v) is 9.20. The van der Waals surface area contributed by atoms with Crippen molar-refractivity contribution < 1.29 is 0 Å². The molecule has 0 radical (unpaired) electrons. The minimum absolute atomic E-state index is 0.533. The maximum absolute atomic E-state index is 4.46. The first-order chi connectivity index (χ1) is 11.4. The molecule has 3 rings (SSSR count). The zero-order valence-corrected chi connectivity index (χ0v) is 14.3. The van der Waals surface area contributed by atoms with Crippen LogP contribution in [0.25, 0.3) is 6.08 Å². The van der Waals surface area contributed by atoms with Crippen LogP contribution < -0.4 is 0 Å². The molecule has 0 spiro atoms. The summed E-state index contributed by atoms with van der Waals surface area (Å²) in [5, 5.41) is 0. The van der Waals surface area contributed by atoms with E-state index in [0.29, 0.717) is 12.1 Å². The molecule has 2 saturated carbocycles. The fourth-order valence-electron chi connectivity index (χ4n) is 3.21. The molecular formula is C21H30N2. The van der Waals surface area contributed by atoms with Gasteiger partial charge in [0.1, 0.15) is 0 Å². The van der Waals surface area contributed by atoms with E-state index in [-0.39, 0.29) is 0 Å². The Labute approximate surface area is 141 Å². The smallest absolute Gasteiger partial charge is 0.0898 e. The van der Waals surface area contributed by atoms with Gasteiger partial charge in [0.2, 0.25) is 0 Å². The largest absolute Gasteiger partial charge is 0.222 e. The van der Waals surface area contributed by atoms with Crippen LogP contribution in [0.5, 0.6) is 0 Å². The minimum Gasteiger partial charge on any atom is -0.222 e. The highest BCUT2D eigenvalue weighted by Gasteiger charge is 2.12. The molecule has 0 bridgehead atoms. The molecule has 0 amide bonds. The van der Waals surface area contributed by atoms with Gasteiger partial charge in [0, 0.05) is 0 Å². The predicted molar refractivity (Wildman–Crippen MR) is 100 cm³/mol. The topological polar surface area (TPSA) is 24.7 Å². The zero-order valence-electron chi connectivity index (χ0n) is 14.3. The van der Waals surface area contributed by atoms with Crippen molar-refractivity contribution in [2.45, 2.75) is 76.3 Å².